The van der Waals surface area contributed by atoms with Crippen molar-refractivity contribution in [3.05, 3.63) is 66.4 Å². The predicted molar refractivity (Wildman–Crippen MR) is 80.9 cm³/mol. The zero-order valence-corrected chi connectivity index (χ0v) is 11.3. The lowest BCUT2D eigenvalue weighted by Crippen LogP contribution is -2.06. The van der Waals surface area contributed by atoms with Crippen LogP contribution in [0.2, 0.25) is 0 Å². The van der Waals surface area contributed by atoms with E-state index in [1.54, 1.807) is 6.20 Å². The van der Waals surface area contributed by atoms with Gasteiger partial charge in [0.15, 0.2) is 5.75 Å². The smallest absolute Gasteiger partial charge is 0.153 e. The highest BCUT2D eigenvalue weighted by atomic mass is 16.5. The third kappa shape index (κ3) is 2.36. The van der Waals surface area contributed by atoms with E-state index in [-0.39, 0.29) is 6.04 Å². The summed E-state index contributed by atoms with van der Waals surface area (Å²) >= 11 is 0. The number of fused-ring (bicyclic) bond motifs is 1. The highest BCUT2D eigenvalue weighted by Crippen LogP contribution is 2.32. The normalized spacial score (nSPS) is 12.3. The largest absolute Gasteiger partial charge is 0.455 e. The van der Waals surface area contributed by atoms with Crippen molar-refractivity contribution in [2.45, 2.75) is 13.0 Å². The molecule has 2 aromatic carbocycles. The van der Waals surface area contributed by atoms with Gasteiger partial charge in [-0.3, -0.25) is 4.98 Å². The first-order chi connectivity index (χ1) is 9.75. The van der Waals surface area contributed by atoms with Crippen LogP contribution >= 0.6 is 0 Å². The molecule has 0 aliphatic rings. The summed E-state index contributed by atoms with van der Waals surface area (Å²) in [5.74, 6) is 1.52. The quantitative estimate of drug-likeness (QED) is 0.776. The molecule has 0 spiro atoms. The maximum absolute atomic E-state index is 6.04. The molecular formula is C17H16N2O. The lowest BCUT2D eigenvalue weighted by Gasteiger charge is -2.14. The minimum Gasteiger partial charge on any atom is -0.455 e. The number of para-hydroxylation sites is 2. The van der Waals surface area contributed by atoms with Crippen LogP contribution in [0.1, 0.15) is 18.5 Å². The third-order valence-corrected chi connectivity index (χ3v) is 3.23. The van der Waals surface area contributed by atoms with Crippen LogP contribution in [0, 0.1) is 0 Å². The highest BCUT2D eigenvalue weighted by Gasteiger charge is 2.10. The summed E-state index contributed by atoms with van der Waals surface area (Å²) in [6.45, 7) is 1.95. The number of nitrogens with zero attached hydrogens (tertiary/aromatic N) is 1. The number of pyridine rings is 1. The zero-order chi connectivity index (χ0) is 13.9. The second-order valence-electron chi connectivity index (χ2n) is 4.76. The number of aromatic nitrogens is 1. The van der Waals surface area contributed by atoms with Gasteiger partial charge in [0.1, 0.15) is 11.3 Å². The van der Waals surface area contributed by atoms with Crippen LogP contribution < -0.4 is 10.5 Å². The summed E-state index contributed by atoms with van der Waals surface area (Å²) in [7, 11) is 0. The van der Waals surface area contributed by atoms with Gasteiger partial charge in [0.25, 0.3) is 0 Å². The average molecular weight is 264 g/mol. The van der Waals surface area contributed by atoms with E-state index in [1.165, 1.54) is 0 Å². The van der Waals surface area contributed by atoms with Crippen molar-refractivity contribution >= 4 is 10.9 Å². The second-order valence-corrected chi connectivity index (χ2v) is 4.76. The Balaban J connectivity index is 2.06. The molecule has 1 atom stereocenters. The van der Waals surface area contributed by atoms with Crippen molar-refractivity contribution in [1.29, 1.82) is 0 Å². The van der Waals surface area contributed by atoms with E-state index >= 15 is 0 Å². The Labute approximate surface area is 118 Å². The summed E-state index contributed by atoms with van der Waals surface area (Å²) in [4.78, 5) is 4.40. The molecule has 0 aliphatic carbocycles. The Hall–Kier alpha value is -2.39. The van der Waals surface area contributed by atoms with Crippen molar-refractivity contribution in [1.82, 2.24) is 4.98 Å². The standard InChI is InChI=1S/C17H16N2O/c1-12(18)14-8-2-3-9-15(14)20-16-10-4-6-13-7-5-11-19-17(13)16/h2-12H,18H2,1H3. The highest BCUT2D eigenvalue weighted by molar-refractivity contribution is 5.84. The van der Waals surface area contributed by atoms with Gasteiger partial charge in [-0.25, -0.2) is 0 Å². The van der Waals surface area contributed by atoms with Crippen molar-refractivity contribution in [2.75, 3.05) is 0 Å². The van der Waals surface area contributed by atoms with Crippen LogP contribution in [-0.4, -0.2) is 4.98 Å². The number of benzene rings is 2. The van der Waals surface area contributed by atoms with Gasteiger partial charge in [0.05, 0.1) is 0 Å². The summed E-state index contributed by atoms with van der Waals surface area (Å²) in [6, 6.07) is 17.6. The fraction of sp³-hybridized carbons (Fsp3) is 0.118. The SMILES string of the molecule is CC(N)c1ccccc1Oc1cccc2cccnc12. The summed E-state index contributed by atoms with van der Waals surface area (Å²) in [5, 5.41) is 1.06. The van der Waals surface area contributed by atoms with Crippen LogP contribution in [0.15, 0.2) is 60.8 Å². The van der Waals surface area contributed by atoms with Gasteiger partial charge >= 0.3 is 0 Å². The van der Waals surface area contributed by atoms with Crippen LogP contribution in [0.3, 0.4) is 0 Å². The molecular weight excluding hydrogens is 248 g/mol. The Morgan fingerprint density at radius 1 is 0.950 bits per heavy atom. The molecule has 3 rings (SSSR count). The van der Waals surface area contributed by atoms with Gasteiger partial charge < -0.3 is 10.5 Å². The van der Waals surface area contributed by atoms with Crippen LogP contribution in [0.5, 0.6) is 11.5 Å². The van der Waals surface area contributed by atoms with Gasteiger partial charge in [-0.05, 0) is 25.1 Å². The molecule has 0 aliphatic heterocycles. The first-order valence-corrected chi connectivity index (χ1v) is 6.62. The number of ether oxygens (including phenoxy) is 1. The van der Waals surface area contributed by atoms with Crippen molar-refractivity contribution < 1.29 is 4.74 Å². The third-order valence-electron chi connectivity index (χ3n) is 3.23. The second kappa shape index (κ2) is 5.31. The van der Waals surface area contributed by atoms with Gasteiger partial charge in [-0.1, -0.05) is 36.4 Å². The summed E-state index contributed by atoms with van der Waals surface area (Å²) in [5.41, 5.74) is 7.83. The van der Waals surface area contributed by atoms with Crippen LogP contribution in [-0.2, 0) is 0 Å². The molecule has 1 unspecified atom stereocenters. The molecule has 100 valence electrons. The molecule has 1 heterocycles. The molecule has 1 aromatic heterocycles. The zero-order valence-electron chi connectivity index (χ0n) is 11.3. The molecule has 0 radical (unpaired) electrons. The topological polar surface area (TPSA) is 48.1 Å². The molecule has 3 heteroatoms. The lowest BCUT2D eigenvalue weighted by atomic mass is 10.1. The Morgan fingerprint density at radius 2 is 1.70 bits per heavy atom. The van der Waals surface area contributed by atoms with Crippen LogP contribution in [0.4, 0.5) is 0 Å². The van der Waals surface area contributed by atoms with Gasteiger partial charge in [0, 0.05) is 23.2 Å². The Morgan fingerprint density at radius 3 is 2.55 bits per heavy atom. The number of rotatable bonds is 3. The van der Waals surface area contributed by atoms with E-state index in [9.17, 15) is 0 Å². The van der Waals surface area contributed by atoms with E-state index in [0.29, 0.717) is 0 Å². The number of nitrogens with two attached hydrogens (primary N) is 1. The first-order valence-electron chi connectivity index (χ1n) is 6.62. The van der Waals surface area contributed by atoms with Crippen molar-refractivity contribution in [3.8, 4) is 11.5 Å². The van der Waals surface area contributed by atoms with Gasteiger partial charge in [-0.15, -0.1) is 0 Å². The van der Waals surface area contributed by atoms with E-state index in [1.807, 2.05) is 61.5 Å². The molecule has 0 bridgehead atoms. The van der Waals surface area contributed by atoms with E-state index < -0.39 is 0 Å². The Kier molecular flexibility index (Phi) is 3.35. The number of hydrogen-bond acceptors (Lipinski definition) is 3. The summed E-state index contributed by atoms with van der Waals surface area (Å²) in [6.07, 6.45) is 1.77. The molecule has 0 amide bonds. The minimum absolute atomic E-state index is 0.0749. The maximum Gasteiger partial charge on any atom is 0.153 e. The van der Waals surface area contributed by atoms with Gasteiger partial charge in [-0.2, -0.15) is 0 Å². The van der Waals surface area contributed by atoms with E-state index in [2.05, 4.69) is 4.98 Å². The van der Waals surface area contributed by atoms with Gasteiger partial charge in [0.2, 0.25) is 0 Å². The average Bonchev–Trinajstić information content (AvgIpc) is 2.48. The van der Waals surface area contributed by atoms with E-state index in [0.717, 1.165) is 28.0 Å². The molecule has 3 aromatic rings. The lowest BCUT2D eigenvalue weighted by molar-refractivity contribution is 0.476. The maximum atomic E-state index is 6.04. The molecule has 2 N–H and O–H groups in total. The fourth-order valence-corrected chi connectivity index (χ4v) is 2.23. The van der Waals surface area contributed by atoms with Crippen molar-refractivity contribution in [3.63, 3.8) is 0 Å². The number of hydrogen-bond donors (Lipinski definition) is 1. The minimum atomic E-state index is -0.0749. The molecule has 0 saturated carbocycles. The molecule has 0 saturated heterocycles. The van der Waals surface area contributed by atoms with Crippen molar-refractivity contribution in [2.24, 2.45) is 5.73 Å². The Bertz CT molecular complexity index is 732. The predicted octanol–water partition coefficient (Wildman–Crippen LogP) is 4.05. The summed E-state index contributed by atoms with van der Waals surface area (Å²) < 4.78 is 6.04. The first kappa shape index (κ1) is 12.6. The van der Waals surface area contributed by atoms with Crippen LogP contribution in [0.25, 0.3) is 10.9 Å². The van der Waals surface area contributed by atoms with E-state index in [4.69, 9.17) is 10.5 Å². The molecule has 0 fully saturated rings. The fourth-order valence-electron chi connectivity index (χ4n) is 2.23. The molecule has 3 nitrogen and oxygen atoms in total. The molecule has 20 heavy (non-hydrogen) atoms. The monoisotopic (exact) mass is 264 g/mol.